The van der Waals surface area contributed by atoms with Crippen LogP contribution in [0, 0.1) is 0 Å². The highest BCUT2D eigenvalue weighted by Crippen LogP contribution is 2.24. The lowest BCUT2D eigenvalue weighted by Crippen LogP contribution is -2.38. The summed E-state index contributed by atoms with van der Waals surface area (Å²) in [4.78, 5) is 25.6. The zero-order valence-corrected chi connectivity index (χ0v) is 19.9. The van der Waals surface area contributed by atoms with Gasteiger partial charge in [-0.3, -0.25) is 9.59 Å². The van der Waals surface area contributed by atoms with Crippen molar-refractivity contribution in [3.8, 4) is 11.5 Å². The maximum Gasteiger partial charge on any atom is 0.194 e. The molecule has 0 aliphatic rings. The zero-order valence-electron chi connectivity index (χ0n) is 19.9. The van der Waals surface area contributed by atoms with Gasteiger partial charge in [0.25, 0.3) is 0 Å². The number of rotatable bonds is 10. The lowest BCUT2D eigenvalue weighted by atomic mass is 9.86. The summed E-state index contributed by atoms with van der Waals surface area (Å²) >= 11 is 0. The Hall–Kier alpha value is -3.48. The molecule has 2 unspecified atom stereocenters. The van der Waals surface area contributed by atoms with Crippen molar-refractivity contribution in [1.29, 1.82) is 0 Å². The molecule has 0 amide bonds. The molecule has 3 aromatic rings. The highest BCUT2D eigenvalue weighted by molar-refractivity contribution is 6.03. The summed E-state index contributed by atoms with van der Waals surface area (Å²) in [6.07, 6.45) is 0.249. The average molecular weight is 463 g/mol. The van der Waals surface area contributed by atoms with E-state index in [-0.39, 0.29) is 24.4 Å². The zero-order chi connectivity index (χ0) is 24.9. The van der Waals surface area contributed by atoms with E-state index in [2.05, 4.69) is 0 Å². The molecule has 0 aliphatic heterocycles. The number of hydrogen-bond acceptors (Lipinski definition) is 6. The van der Waals surface area contributed by atoms with E-state index in [1.54, 1.807) is 87.0 Å². The van der Waals surface area contributed by atoms with Gasteiger partial charge in [0, 0.05) is 24.0 Å². The number of benzene rings is 3. The van der Waals surface area contributed by atoms with Gasteiger partial charge in [0.1, 0.15) is 22.7 Å². The highest BCUT2D eigenvalue weighted by Gasteiger charge is 2.33. The number of carbonyl (C=O) groups excluding carboxylic acids is 2. The summed E-state index contributed by atoms with van der Waals surface area (Å²) < 4.78 is 10.2. The summed E-state index contributed by atoms with van der Waals surface area (Å²) in [7, 11) is 3.09. The maximum absolute atomic E-state index is 12.8. The van der Waals surface area contributed by atoms with Gasteiger partial charge in [-0.2, -0.15) is 0 Å². The monoisotopic (exact) mass is 462 g/mol. The maximum atomic E-state index is 12.8. The van der Waals surface area contributed by atoms with Gasteiger partial charge < -0.3 is 19.7 Å². The SMILES string of the molecule is COc1ccc(C(=O)C(C)(O)Cc2ccc(CC(C)(O)C(=O)c3ccc(OC)cc3)cc2)cc1. The highest BCUT2D eigenvalue weighted by atomic mass is 16.5. The van der Waals surface area contributed by atoms with Crippen LogP contribution in [0.5, 0.6) is 11.5 Å². The van der Waals surface area contributed by atoms with E-state index in [0.717, 1.165) is 11.1 Å². The molecule has 0 bridgehead atoms. The molecule has 3 aromatic carbocycles. The molecule has 0 spiro atoms. The van der Waals surface area contributed by atoms with Crippen LogP contribution in [0.4, 0.5) is 0 Å². The lowest BCUT2D eigenvalue weighted by molar-refractivity contribution is 0.0405. The van der Waals surface area contributed by atoms with Gasteiger partial charge in [0.15, 0.2) is 11.6 Å². The van der Waals surface area contributed by atoms with Crippen molar-refractivity contribution >= 4 is 11.6 Å². The molecule has 2 N–H and O–H groups in total. The molecule has 0 saturated heterocycles. The Labute approximate surface area is 199 Å². The molecule has 0 aliphatic carbocycles. The third kappa shape index (κ3) is 5.90. The second-order valence-corrected chi connectivity index (χ2v) is 8.83. The van der Waals surface area contributed by atoms with Crippen LogP contribution in [0.15, 0.2) is 72.8 Å². The van der Waals surface area contributed by atoms with Crippen molar-refractivity contribution in [3.63, 3.8) is 0 Å². The first kappa shape index (κ1) is 25.1. The van der Waals surface area contributed by atoms with E-state index in [1.165, 1.54) is 13.8 Å². The van der Waals surface area contributed by atoms with Crippen molar-refractivity contribution in [1.82, 2.24) is 0 Å². The number of carbonyl (C=O) groups is 2. The molecule has 0 heterocycles. The van der Waals surface area contributed by atoms with Gasteiger partial charge in [-0.25, -0.2) is 0 Å². The number of ether oxygens (including phenoxy) is 2. The number of aliphatic hydroxyl groups is 2. The van der Waals surface area contributed by atoms with Crippen molar-refractivity contribution < 1.29 is 29.3 Å². The quantitative estimate of drug-likeness (QED) is 0.442. The number of methoxy groups -OCH3 is 2. The Morgan fingerprint density at radius 3 is 1.18 bits per heavy atom. The summed E-state index contributed by atoms with van der Waals surface area (Å²) in [5, 5.41) is 21.7. The van der Waals surface area contributed by atoms with Crippen LogP contribution in [0.2, 0.25) is 0 Å². The number of ketones is 2. The Kier molecular flexibility index (Phi) is 7.54. The average Bonchev–Trinajstić information content (AvgIpc) is 2.84. The molecule has 2 atom stereocenters. The summed E-state index contributed by atoms with van der Waals surface area (Å²) in [5.41, 5.74) is -0.864. The Morgan fingerprint density at radius 2 is 0.912 bits per heavy atom. The van der Waals surface area contributed by atoms with E-state index in [9.17, 15) is 19.8 Å². The van der Waals surface area contributed by atoms with E-state index < -0.39 is 11.2 Å². The molecule has 6 nitrogen and oxygen atoms in total. The predicted octanol–water partition coefficient (Wildman–Crippen LogP) is 4.06. The van der Waals surface area contributed by atoms with E-state index in [1.807, 2.05) is 0 Å². The van der Waals surface area contributed by atoms with Crippen LogP contribution < -0.4 is 9.47 Å². The van der Waals surface area contributed by atoms with Crippen LogP contribution >= 0.6 is 0 Å². The Morgan fingerprint density at radius 1 is 0.618 bits per heavy atom. The third-order valence-corrected chi connectivity index (χ3v) is 5.80. The minimum absolute atomic E-state index is 0.124. The first-order valence-electron chi connectivity index (χ1n) is 11.0. The van der Waals surface area contributed by atoms with Crippen LogP contribution in [0.1, 0.15) is 45.7 Å². The molecule has 0 saturated carbocycles. The molecule has 3 rings (SSSR count). The second-order valence-electron chi connectivity index (χ2n) is 8.83. The van der Waals surface area contributed by atoms with Crippen molar-refractivity contribution in [2.45, 2.75) is 37.9 Å². The Bertz CT molecular complexity index is 1030. The topological polar surface area (TPSA) is 93.1 Å². The largest absolute Gasteiger partial charge is 0.497 e. The van der Waals surface area contributed by atoms with Crippen molar-refractivity contribution in [3.05, 3.63) is 95.1 Å². The second kappa shape index (κ2) is 10.2. The molecule has 6 heteroatoms. The molecule has 34 heavy (non-hydrogen) atoms. The third-order valence-electron chi connectivity index (χ3n) is 5.80. The fraction of sp³-hybridized carbons (Fsp3) is 0.286. The first-order valence-corrected chi connectivity index (χ1v) is 11.0. The van der Waals surface area contributed by atoms with Gasteiger partial charge in [0.05, 0.1) is 14.2 Å². The normalized spacial score (nSPS) is 14.5. The number of hydrogen-bond donors (Lipinski definition) is 2. The van der Waals surface area contributed by atoms with E-state index >= 15 is 0 Å². The summed E-state index contributed by atoms with van der Waals surface area (Å²) in [5.74, 6) is 0.501. The van der Waals surface area contributed by atoms with Gasteiger partial charge in [0.2, 0.25) is 0 Å². The van der Waals surface area contributed by atoms with E-state index in [0.29, 0.717) is 22.6 Å². The number of Topliss-reactive ketones (excluding diaryl/α,β-unsaturated/α-hetero) is 2. The standard InChI is InChI=1S/C28H30O6/c1-27(31,25(29)21-9-13-23(33-3)14-10-21)17-19-5-7-20(8-6-19)18-28(2,32)26(30)22-11-15-24(34-4)16-12-22/h5-16,31-32H,17-18H2,1-4H3. The minimum atomic E-state index is -1.59. The minimum Gasteiger partial charge on any atom is -0.497 e. The molecular weight excluding hydrogens is 432 g/mol. The predicted molar refractivity (Wildman–Crippen MR) is 130 cm³/mol. The lowest BCUT2D eigenvalue weighted by Gasteiger charge is -2.24. The molecule has 178 valence electrons. The smallest absolute Gasteiger partial charge is 0.194 e. The molecule has 0 fully saturated rings. The van der Waals surface area contributed by atoms with Crippen LogP contribution in [0.25, 0.3) is 0 Å². The van der Waals surface area contributed by atoms with Gasteiger partial charge in [-0.1, -0.05) is 24.3 Å². The van der Waals surface area contributed by atoms with Crippen LogP contribution in [0.3, 0.4) is 0 Å². The summed E-state index contributed by atoms with van der Waals surface area (Å²) in [6, 6.07) is 20.4. The fourth-order valence-corrected chi connectivity index (χ4v) is 3.84. The van der Waals surface area contributed by atoms with E-state index in [4.69, 9.17) is 9.47 Å². The fourth-order valence-electron chi connectivity index (χ4n) is 3.84. The first-order chi connectivity index (χ1) is 16.1. The molecule has 0 radical (unpaired) electrons. The van der Waals surface area contributed by atoms with Gasteiger partial charge in [-0.05, 0) is 73.5 Å². The van der Waals surface area contributed by atoms with Crippen molar-refractivity contribution in [2.75, 3.05) is 14.2 Å². The molecular formula is C28H30O6. The Balaban J connectivity index is 1.67. The van der Waals surface area contributed by atoms with Gasteiger partial charge >= 0.3 is 0 Å². The van der Waals surface area contributed by atoms with Crippen LogP contribution in [-0.2, 0) is 12.8 Å². The van der Waals surface area contributed by atoms with Gasteiger partial charge in [-0.15, -0.1) is 0 Å². The molecule has 0 aromatic heterocycles. The van der Waals surface area contributed by atoms with Crippen molar-refractivity contribution in [2.24, 2.45) is 0 Å². The van der Waals surface area contributed by atoms with Crippen LogP contribution in [-0.4, -0.2) is 47.2 Å². The summed E-state index contributed by atoms with van der Waals surface area (Å²) in [6.45, 7) is 2.98.